The van der Waals surface area contributed by atoms with E-state index < -0.39 is 5.79 Å². The fourth-order valence-electron chi connectivity index (χ4n) is 1.13. The van der Waals surface area contributed by atoms with E-state index in [2.05, 4.69) is 18.4 Å². The topological polar surface area (TPSA) is 18.5 Å². The molecular formula is C10H14O2. The van der Waals surface area contributed by atoms with Crippen LogP contribution in [0, 0.1) is 11.8 Å². The summed E-state index contributed by atoms with van der Waals surface area (Å²) in [4.78, 5) is 0. The molecule has 66 valence electrons. The molecule has 1 unspecified atom stereocenters. The summed E-state index contributed by atoms with van der Waals surface area (Å²) in [5.74, 6) is 5.18. The molecule has 0 N–H and O–H groups in total. The molecule has 1 aliphatic rings. The first-order valence-corrected chi connectivity index (χ1v) is 4.06. The van der Waals surface area contributed by atoms with Crippen LogP contribution in [-0.2, 0) is 9.47 Å². The minimum atomic E-state index is -0.654. The number of hydrogen-bond donors (Lipinski definition) is 0. The van der Waals surface area contributed by atoms with Crippen molar-refractivity contribution in [3.8, 4) is 11.8 Å². The summed E-state index contributed by atoms with van der Waals surface area (Å²) in [6.07, 6.45) is 1.86. The van der Waals surface area contributed by atoms with Crippen molar-refractivity contribution in [2.75, 3.05) is 13.7 Å². The highest BCUT2D eigenvalue weighted by Crippen LogP contribution is 2.25. The monoisotopic (exact) mass is 166 g/mol. The van der Waals surface area contributed by atoms with Crippen molar-refractivity contribution >= 4 is 0 Å². The highest BCUT2D eigenvalue weighted by Gasteiger charge is 2.32. The Morgan fingerprint density at radius 1 is 1.67 bits per heavy atom. The predicted octanol–water partition coefficient (Wildman–Crippen LogP) is 1.72. The summed E-state index contributed by atoms with van der Waals surface area (Å²) in [6, 6.07) is 0. The smallest absolute Gasteiger partial charge is 0.233 e. The van der Waals surface area contributed by atoms with Gasteiger partial charge in [-0.3, -0.25) is 0 Å². The lowest BCUT2D eigenvalue weighted by molar-refractivity contribution is -0.148. The molecule has 0 radical (unpaired) electrons. The zero-order valence-electron chi connectivity index (χ0n) is 7.64. The van der Waals surface area contributed by atoms with Crippen LogP contribution < -0.4 is 0 Å². The maximum atomic E-state index is 5.40. The largest absolute Gasteiger partial charge is 0.343 e. The molecule has 2 nitrogen and oxygen atoms in total. The quantitative estimate of drug-likeness (QED) is 0.552. The normalized spacial score (nSPS) is 27.8. The first kappa shape index (κ1) is 9.31. The lowest BCUT2D eigenvalue weighted by atomic mass is 10.2. The average molecular weight is 166 g/mol. The predicted molar refractivity (Wildman–Crippen MR) is 47.5 cm³/mol. The molecule has 1 rings (SSSR count). The zero-order chi connectivity index (χ0) is 9.03. The number of hydrogen-bond acceptors (Lipinski definition) is 2. The molecule has 0 aromatic carbocycles. The molecule has 0 saturated carbocycles. The Kier molecular flexibility index (Phi) is 2.91. The molecule has 1 heterocycles. The highest BCUT2D eigenvalue weighted by atomic mass is 16.7. The van der Waals surface area contributed by atoms with Crippen molar-refractivity contribution in [2.45, 2.75) is 25.6 Å². The lowest BCUT2D eigenvalue weighted by Gasteiger charge is -2.19. The van der Waals surface area contributed by atoms with Crippen molar-refractivity contribution in [2.24, 2.45) is 0 Å². The van der Waals surface area contributed by atoms with Crippen LogP contribution in [0.5, 0.6) is 0 Å². The number of allylic oxidation sites excluding steroid dienone is 1. The molecule has 2 heteroatoms. The molecule has 0 aromatic heterocycles. The van der Waals surface area contributed by atoms with Crippen molar-refractivity contribution in [1.82, 2.24) is 0 Å². The summed E-state index contributed by atoms with van der Waals surface area (Å²) in [5.41, 5.74) is 0.835. The summed E-state index contributed by atoms with van der Waals surface area (Å²) >= 11 is 0. The van der Waals surface area contributed by atoms with Crippen molar-refractivity contribution in [3.63, 3.8) is 0 Å². The zero-order valence-corrected chi connectivity index (χ0v) is 7.64. The summed E-state index contributed by atoms with van der Waals surface area (Å²) in [6.45, 7) is 6.30. The standard InChI is InChI=1S/C10H14O2/c1-9(2)5-7-10(11-3)6-4-8-12-10/h1,4,6,8H2,2-3H3. The van der Waals surface area contributed by atoms with Crippen LogP contribution in [0.4, 0.5) is 0 Å². The Labute approximate surface area is 73.6 Å². The van der Waals surface area contributed by atoms with Crippen LogP contribution in [0.15, 0.2) is 12.2 Å². The molecule has 1 aliphatic heterocycles. The molecule has 12 heavy (non-hydrogen) atoms. The van der Waals surface area contributed by atoms with Crippen LogP contribution in [0.1, 0.15) is 19.8 Å². The van der Waals surface area contributed by atoms with Crippen LogP contribution in [0.3, 0.4) is 0 Å². The second kappa shape index (κ2) is 3.75. The van der Waals surface area contributed by atoms with Gasteiger partial charge in [0.2, 0.25) is 5.79 Å². The third kappa shape index (κ3) is 2.10. The molecule has 0 bridgehead atoms. The number of methoxy groups -OCH3 is 1. The molecular weight excluding hydrogens is 152 g/mol. The Morgan fingerprint density at radius 2 is 2.42 bits per heavy atom. The van der Waals surface area contributed by atoms with E-state index in [1.165, 1.54) is 0 Å². The number of rotatable bonds is 1. The van der Waals surface area contributed by atoms with E-state index in [-0.39, 0.29) is 0 Å². The Balaban J connectivity index is 2.69. The Morgan fingerprint density at radius 3 is 2.83 bits per heavy atom. The van der Waals surface area contributed by atoms with Gasteiger partial charge in [0.1, 0.15) is 0 Å². The van der Waals surface area contributed by atoms with Gasteiger partial charge in [-0.05, 0) is 24.8 Å². The summed E-state index contributed by atoms with van der Waals surface area (Å²) < 4.78 is 10.6. The summed E-state index contributed by atoms with van der Waals surface area (Å²) in [5, 5.41) is 0. The summed E-state index contributed by atoms with van der Waals surface area (Å²) in [7, 11) is 1.62. The molecule has 1 fully saturated rings. The minimum Gasteiger partial charge on any atom is -0.343 e. The molecule has 0 spiro atoms. The average Bonchev–Trinajstić information content (AvgIpc) is 2.50. The van der Waals surface area contributed by atoms with Crippen LogP contribution in [-0.4, -0.2) is 19.5 Å². The second-order valence-electron chi connectivity index (χ2n) is 2.94. The van der Waals surface area contributed by atoms with E-state index in [4.69, 9.17) is 9.47 Å². The Bertz CT molecular complexity index is 226. The van der Waals surface area contributed by atoms with E-state index in [1.54, 1.807) is 7.11 Å². The van der Waals surface area contributed by atoms with Gasteiger partial charge >= 0.3 is 0 Å². The van der Waals surface area contributed by atoms with Crippen molar-refractivity contribution < 1.29 is 9.47 Å². The fourth-order valence-corrected chi connectivity index (χ4v) is 1.13. The van der Waals surface area contributed by atoms with Crippen molar-refractivity contribution in [1.29, 1.82) is 0 Å². The van der Waals surface area contributed by atoms with Gasteiger partial charge < -0.3 is 9.47 Å². The maximum absolute atomic E-state index is 5.40. The first-order chi connectivity index (χ1) is 5.68. The van der Waals surface area contributed by atoms with Crippen LogP contribution in [0.2, 0.25) is 0 Å². The highest BCUT2D eigenvalue weighted by molar-refractivity contribution is 5.27. The van der Waals surface area contributed by atoms with Gasteiger partial charge in [-0.25, -0.2) is 0 Å². The molecule has 1 saturated heterocycles. The van der Waals surface area contributed by atoms with Gasteiger partial charge in [0, 0.05) is 13.5 Å². The van der Waals surface area contributed by atoms with Crippen molar-refractivity contribution in [3.05, 3.63) is 12.2 Å². The fraction of sp³-hybridized carbons (Fsp3) is 0.600. The maximum Gasteiger partial charge on any atom is 0.233 e. The van der Waals surface area contributed by atoms with E-state index in [1.807, 2.05) is 6.92 Å². The minimum absolute atomic E-state index is 0.654. The molecule has 1 atom stereocenters. The third-order valence-electron chi connectivity index (χ3n) is 1.78. The van der Waals surface area contributed by atoms with Gasteiger partial charge in [0.25, 0.3) is 0 Å². The molecule has 0 aliphatic carbocycles. The van der Waals surface area contributed by atoms with Gasteiger partial charge in [-0.1, -0.05) is 12.5 Å². The van der Waals surface area contributed by atoms with E-state index in [0.29, 0.717) is 0 Å². The number of ether oxygens (including phenoxy) is 2. The van der Waals surface area contributed by atoms with E-state index in [9.17, 15) is 0 Å². The lowest BCUT2D eigenvalue weighted by Crippen LogP contribution is -2.27. The second-order valence-corrected chi connectivity index (χ2v) is 2.94. The van der Waals surface area contributed by atoms with Crippen LogP contribution in [0.25, 0.3) is 0 Å². The molecule has 0 aromatic rings. The van der Waals surface area contributed by atoms with Gasteiger partial charge in [-0.2, -0.15) is 0 Å². The van der Waals surface area contributed by atoms with Gasteiger partial charge in [0.15, 0.2) is 0 Å². The van der Waals surface area contributed by atoms with E-state index >= 15 is 0 Å². The first-order valence-electron chi connectivity index (χ1n) is 4.06. The third-order valence-corrected chi connectivity index (χ3v) is 1.78. The Hall–Kier alpha value is -0.780. The van der Waals surface area contributed by atoms with Crippen LogP contribution >= 0.6 is 0 Å². The van der Waals surface area contributed by atoms with Gasteiger partial charge in [0.05, 0.1) is 6.61 Å². The SMILES string of the molecule is C=C(C)C#CC1(OC)CCCO1. The van der Waals surface area contributed by atoms with Gasteiger partial charge in [-0.15, -0.1) is 0 Å². The van der Waals surface area contributed by atoms with E-state index in [0.717, 1.165) is 25.0 Å². The molecule has 0 amide bonds.